The molecule has 7 N–H and O–H groups in total. The van der Waals surface area contributed by atoms with E-state index < -0.39 is 17.0 Å². The number of anilines is 1. The number of phenols is 3. The Kier molecular flexibility index (Phi) is 12.6. The average molecular weight is 648 g/mol. The van der Waals surface area contributed by atoms with Gasteiger partial charge < -0.3 is 31.1 Å². The van der Waals surface area contributed by atoms with Gasteiger partial charge in [0, 0.05) is 22.7 Å². The summed E-state index contributed by atoms with van der Waals surface area (Å²) in [4.78, 5) is 19.3. The van der Waals surface area contributed by atoms with Crippen LogP contribution in [0.3, 0.4) is 0 Å². The first kappa shape index (κ1) is 34.3. The third-order valence-corrected chi connectivity index (χ3v) is 7.02. The van der Waals surface area contributed by atoms with Gasteiger partial charge in [0.1, 0.15) is 5.75 Å². The molecule has 14 heteroatoms. The molecule has 6 rings (SSSR count). The number of aromatic hydroxyl groups is 3. The zero-order chi connectivity index (χ0) is 30.3. The number of rotatable bonds is 5. The molecule has 12 nitrogen and oxygen atoms in total. The number of halogens is 1. The van der Waals surface area contributed by atoms with E-state index in [-0.39, 0.29) is 41.9 Å². The molecule has 0 amide bonds. The van der Waals surface area contributed by atoms with Crippen molar-refractivity contribution in [1.82, 2.24) is 0 Å². The zero-order valence-electron chi connectivity index (χ0n) is 22.0. The number of nitro benzene ring substituents is 2. The number of benzene rings is 3. The van der Waals surface area contributed by atoms with Crippen LogP contribution < -0.4 is 5.73 Å². The first-order chi connectivity index (χ1) is 19.4. The minimum Gasteiger partial charge on any atom is -0.506 e. The molecular formula is C28H35BBrN3O9. The number of hydrogen-bond acceptors (Lipinski definition) is 10. The molecule has 3 aliphatic rings. The molecule has 0 heterocycles. The number of nitrogen functional groups attached to an aromatic ring is 1. The predicted molar refractivity (Wildman–Crippen MR) is 164 cm³/mol. The predicted octanol–water partition coefficient (Wildman–Crippen LogP) is 6.35. The van der Waals surface area contributed by atoms with Crippen LogP contribution in [-0.2, 0) is 0 Å². The molecule has 3 saturated carbocycles. The topological polar surface area (TPSA) is 213 Å². The SMILES string of the molecule is C.Nc1ccc(C2CC2)cc1O.O=[N+]([O-])c1ccc(Br)cc1O.O=[N+]([O-])c1ccc(C2CC2)cc1O.OB(O)C1CC1. The summed E-state index contributed by atoms with van der Waals surface area (Å²) in [6.45, 7) is 0. The summed E-state index contributed by atoms with van der Waals surface area (Å²) in [6, 6.07) is 14.1. The highest BCUT2D eigenvalue weighted by Crippen LogP contribution is 2.43. The molecule has 0 saturated heterocycles. The highest BCUT2D eigenvalue weighted by molar-refractivity contribution is 9.10. The number of hydrogen-bond donors (Lipinski definition) is 6. The lowest BCUT2D eigenvalue weighted by Crippen LogP contribution is -2.09. The molecule has 0 aliphatic heterocycles. The van der Waals surface area contributed by atoms with Crippen molar-refractivity contribution < 1.29 is 35.2 Å². The van der Waals surface area contributed by atoms with E-state index in [1.165, 1.54) is 48.7 Å². The Morgan fingerprint density at radius 1 is 0.714 bits per heavy atom. The highest BCUT2D eigenvalue weighted by atomic mass is 79.9. The van der Waals surface area contributed by atoms with Crippen LogP contribution in [0.5, 0.6) is 17.2 Å². The molecule has 0 spiro atoms. The summed E-state index contributed by atoms with van der Waals surface area (Å²) in [5, 5.41) is 64.6. The lowest BCUT2D eigenvalue weighted by Gasteiger charge is -2.01. The first-order valence-corrected chi connectivity index (χ1v) is 13.7. The molecule has 3 fully saturated rings. The van der Waals surface area contributed by atoms with Crippen LogP contribution in [0.1, 0.15) is 68.9 Å². The van der Waals surface area contributed by atoms with E-state index in [0.717, 1.165) is 31.2 Å². The van der Waals surface area contributed by atoms with Crippen molar-refractivity contribution in [3.8, 4) is 17.2 Å². The van der Waals surface area contributed by atoms with Crippen molar-refractivity contribution in [2.75, 3.05) is 5.73 Å². The molecule has 0 bridgehead atoms. The molecule has 0 unspecified atom stereocenters. The van der Waals surface area contributed by atoms with E-state index in [1.807, 2.05) is 6.07 Å². The molecule has 0 radical (unpaired) electrons. The van der Waals surface area contributed by atoms with Gasteiger partial charge in [-0.25, -0.2) is 0 Å². The quantitative estimate of drug-likeness (QED) is 0.0593. The standard InChI is InChI=1S/C9H9NO3.C9H11NO.C6H4BrNO3.C3H7BO2.CH4/c11-9-5-7(6-1-2-6)3-4-8(9)10(12)13;10-8-4-3-7(5-9(8)11)6-1-2-6;7-4-1-2-5(8(10)11)6(9)3-4;5-4(6)3-1-2-3;/h3-6,11H,1-2H2;3-6,11H,1-2,10H2;1-3,9H;3,5-6H,1-2H2;1H4. The molecule has 0 atom stereocenters. The van der Waals surface area contributed by atoms with Gasteiger partial charge in [-0.1, -0.05) is 48.3 Å². The van der Waals surface area contributed by atoms with Crippen molar-refractivity contribution in [3.63, 3.8) is 0 Å². The Bertz CT molecular complexity index is 1380. The smallest absolute Gasteiger partial charge is 0.454 e. The Hall–Kier alpha value is -3.88. The van der Waals surface area contributed by atoms with Crippen molar-refractivity contribution in [2.24, 2.45) is 0 Å². The molecular weight excluding hydrogens is 613 g/mol. The van der Waals surface area contributed by atoms with Crippen LogP contribution in [-0.4, -0.2) is 42.3 Å². The van der Waals surface area contributed by atoms with Crippen LogP contribution in [0.25, 0.3) is 0 Å². The Labute approximate surface area is 252 Å². The lowest BCUT2D eigenvalue weighted by molar-refractivity contribution is -0.386. The van der Waals surface area contributed by atoms with Gasteiger partial charge in [-0.2, -0.15) is 0 Å². The van der Waals surface area contributed by atoms with E-state index in [2.05, 4.69) is 15.9 Å². The van der Waals surface area contributed by atoms with Gasteiger partial charge in [0.2, 0.25) is 0 Å². The van der Waals surface area contributed by atoms with E-state index >= 15 is 0 Å². The fraction of sp³-hybridized carbons (Fsp3) is 0.357. The third-order valence-electron chi connectivity index (χ3n) is 6.53. The summed E-state index contributed by atoms with van der Waals surface area (Å²) in [5.74, 6) is 1.06. The summed E-state index contributed by atoms with van der Waals surface area (Å²) < 4.78 is 0.612. The van der Waals surface area contributed by atoms with Gasteiger partial charge in [0.15, 0.2) is 11.5 Å². The monoisotopic (exact) mass is 647 g/mol. The van der Waals surface area contributed by atoms with E-state index in [1.54, 1.807) is 18.2 Å². The molecule has 42 heavy (non-hydrogen) atoms. The van der Waals surface area contributed by atoms with Crippen LogP contribution in [0, 0.1) is 20.2 Å². The Morgan fingerprint density at radius 3 is 1.48 bits per heavy atom. The Balaban J connectivity index is 0.000000199. The third kappa shape index (κ3) is 10.8. The van der Waals surface area contributed by atoms with Crippen LogP contribution in [0.15, 0.2) is 59.1 Å². The average Bonchev–Trinajstić information content (AvgIpc) is 3.77. The molecule has 0 aromatic heterocycles. The maximum absolute atomic E-state index is 10.4. The first-order valence-electron chi connectivity index (χ1n) is 12.9. The number of nitrogens with two attached hydrogens (primary N) is 1. The molecule has 3 aromatic rings. The normalized spacial score (nSPS) is 14.7. The van der Waals surface area contributed by atoms with Gasteiger partial charge in [-0.15, -0.1) is 0 Å². The maximum atomic E-state index is 10.4. The number of phenolic OH excluding ortho intramolecular Hbond substituents is 3. The van der Waals surface area contributed by atoms with E-state index in [4.69, 9.17) is 20.9 Å². The molecule has 226 valence electrons. The largest absolute Gasteiger partial charge is 0.506 e. The van der Waals surface area contributed by atoms with Crippen molar-refractivity contribution in [1.29, 1.82) is 0 Å². The van der Waals surface area contributed by atoms with Gasteiger partial charge in [0.05, 0.1) is 15.5 Å². The fourth-order valence-corrected chi connectivity index (χ4v) is 3.99. The summed E-state index contributed by atoms with van der Waals surface area (Å²) in [7, 11) is -1.04. The van der Waals surface area contributed by atoms with Gasteiger partial charge in [0.25, 0.3) is 0 Å². The van der Waals surface area contributed by atoms with Gasteiger partial charge >= 0.3 is 18.5 Å². The summed E-state index contributed by atoms with van der Waals surface area (Å²) in [6.07, 6.45) is 6.75. The lowest BCUT2D eigenvalue weighted by atomic mass is 9.84. The number of nitro groups is 2. The second-order valence-electron chi connectivity index (χ2n) is 10.0. The minimum absolute atomic E-state index is 0. The van der Waals surface area contributed by atoms with E-state index in [0.29, 0.717) is 22.0 Å². The zero-order valence-corrected chi connectivity index (χ0v) is 23.6. The molecule has 3 aromatic carbocycles. The van der Waals surface area contributed by atoms with Crippen LogP contribution in [0.2, 0.25) is 5.82 Å². The van der Waals surface area contributed by atoms with Gasteiger partial charge in [-0.05, 0) is 78.7 Å². The van der Waals surface area contributed by atoms with Crippen LogP contribution in [0.4, 0.5) is 17.1 Å². The van der Waals surface area contributed by atoms with Gasteiger partial charge in [-0.3, -0.25) is 20.2 Å². The summed E-state index contributed by atoms with van der Waals surface area (Å²) >= 11 is 3.06. The molecule has 3 aliphatic carbocycles. The van der Waals surface area contributed by atoms with E-state index in [9.17, 15) is 30.4 Å². The second kappa shape index (κ2) is 15.4. The van der Waals surface area contributed by atoms with Crippen molar-refractivity contribution in [3.05, 3.63) is 90.4 Å². The number of nitrogens with zero attached hydrogens (tertiary/aromatic N) is 2. The summed E-state index contributed by atoms with van der Waals surface area (Å²) in [5.41, 5.74) is 7.65. The maximum Gasteiger partial charge on any atom is 0.454 e. The second-order valence-corrected chi connectivity index (χ2v) is 10.9. The fourth-order valence-electron chi connectivity index (χ4n) is 3.64. The van der Waals surface area contributed by atoms with Crippen molar-refractivity contribution >= 4 is 40.1 Å². The highest BCUT2D eigenvalue weighted by Gasteiger charge is 2.33. The van der Waals surface area contributed by atoms with Crippen molar-refractivity contribution in [2.45, 2.75) is 63.6 Å². The minimum atomic E-state index is -1.04. The Morgan fingerprint density at radius 2 is 1.14 bits per heavy atom. The van der Waals surface area contributed by atoms with Crippen LogP contribution >= 0.6 is 15.9 Å².